The van der Waals surface area contributed by atoms with Crippen LogP contribution in [0.5, 0.6) is 0 Å². The lowest BCUT2D eigenvalue weighted by atomic mass is 10.1. The monoisotopic (exact) mass is 245 g/mol. The molecular weight excluding hydrogens is 230 g/mol. The van der Waals surface area contributed by atoms with Gasteiger partial charge in [0.25, 0.3) is 0 Å². The van der Waals surface area contributed by atoms with Gasteiger partial charge >= 0.3 is 5.97 Å². The Morgan fingerprint density at radius 1 is 1.44 bits per heavy atom. The van der Waals surface area contributed by atoms with E-state index in [4.69, 9.17) is 10.5 Å². The van der Waals surface area contributed by atoms with E-state index in [1.165, 1.54) is 0 Å². The molecule has 0 bridgehead atoms. The predicted octanol–water partition coefficient (Wildman–Crippen LogP) is 1.70. The van der Waals surface area contributed by atoms with Gasteiger partial charge in [-0.1, -0.05) is 18.2 Å². The summed E-state index contributed by atoms with van der Waals surface area (Å²) in [5, 5.41) is 4.12. The quantitative estimate of drug-likeness (QED) is 0.657. The summed E-state index contributed by atoms with van der Waals surface area (Å²) in [7, 11) is 0. The number of esters is 1. The molecule has 0 saturated heterocycles. The number of nitrogens with two attached hydrogens (primary N) is 1. The fraction of sp³-hybridized carbons (Fsp3) is 0.231. The molecule has 94 valence electrons. The third-order valence-corrected chi connectivity index (χ3v) is 2.50. The molecule has 0 atom stereocenters. The van der Waals surface area contributed by atoms with Crippen LogP contribution in [0.1, 0.15) is 6.92 Å². The lowest BCUT2D eigenvalue weighted by Crippen LogP contribution is -2.13. The fourth-order valence-corrected chi connectivity index (χ4v) is 1.69. The minimum atomic E-state index is -0.298. The fourth-order valence-electron chi connectivity index (χ4n) is 1.69. The van der Waals surface area contributed by atoms with Gasteiger partial charge in [0.1, 0.15) is 6.54 Å². The van der Waals surface area contributed by atoms with Gasteiger partial charge in [-0.2, -0.15) is 5.10 Å². The average molecular weight is 245 g/mol. The van der Waals surface area contributed by atoms with Crippen molar-refractivity contribution in [1.82, 2.24) is 9.78 Å². The molecule has 0 aliphatic rings. The zero-order valence-electron chi connectivity index (χ0n) is 10.2. The standard InChI is InChI=1S/C13H15N3O2/c1-2-18-13(17)9-16-8-10(7-15-16)11-5-3-4-6-12(11)14/h3-8H,2,9,14H2,1H3. The third kappa shape index (κ3) is 2.68. The van der Waals surface area contributed by atoms with Crippen LogP contribution in [-0.2, 0) is 16.1 Å². The molecule has 0 fully saturated rings. The maximum absolute atomic E-state index is 11.3. The molecule has 1 aromatic heterocycles. The van der Waals surface area contributed by atoms with Gasteiger partial charge in [0, 0.05) is 23.0 Å². The number of ether oxygens (including phenoxy) is 1. The van der Waals surface area contributed by atoms with Crippen LogP contribution in [0.4, 0.5) is 5.69 Å². The van der Waals surface area contributed by atoms with Crippen molar-refractivity contribution in [3.63, 3.8) is 0 Å². The van der Waals surface area contributed by atoms with Crippen molar-refractivity contribution in [1.29, 1.82) is 0 Å². The third-order valence-electron chi connectivity index (χ3n) is 2.50. The smallest absolute Gasteiger partial charge is 0.327 e. The van der Waals surface area contributed by atoms with Crippen molar-refractivity contribution in [3.05, 3.63) is 36.7 Å². The molecule has 2 aromatic rings. The molecule has 0 amide bonds. The van der Waals surface area contributed by atoms with Crippen molar-refractivity contribution >= 4 is 11.7 Å². The van der Waals surface area contributed by atoms with Gasteiger partial charge < -0.3 is 10.5 Å². The van der Waals surface area contributed by atoms with Crippen LogP contribution in [0.2, 0.25) is 0 Å². The molecule has 5 heteroatoms. The van der Waals surface area contributed by atoms with Gasteiger partial charge in [0.15, 0.2) is 0 Å². The Bertz CT molecular complexity index is 549. The van der Waals surface area contributed by atoms with E-state index >= 15 is 0 Å². The Labute approximate surface area is 105 Å². The number of nitrogen functional groups attached to an aromatic ring is 1. The molecule has 0 aliphatic carbocycles. The second kappa shape index (κ2) is 5.35. The van der Waals surface area contributed by atoms with Gasteiger partial charge in [-0.15, -0.1) is 0 Å². The average Bonchev–Trinajstić information content (AvgIpc) is 2.78. The van der Waals surface area contributed by atoms with E-state index in [1.807, 2.05) is 24.3 Å². The van der Waals surface area contributed by atoms with Crippen LogP contribution in [0.25, 0.3) is 11.1 Å². The largest absolute Gasteiger partial charge is 0.465 e. The zero-order valence-corrected chi connectivity index (χ0v) is 10.2. The highest BCUT2D eigenvalue weighted by Gasteiger charge is 2.07. The van der Waals surface area contributed by atoms with Crippen LogP contribution >= 0.6 is 0 Å². The van der Waals surface area contributed by atoms with Crippen molar-refractivity contribution in [2.75, 3.05) is 12.3 Å². The lowest BCUT2D eigenvalue weighted by Gasteiger charge is -2.02. The zero-order chi connectivity index (χ0) is 13.0. The molecule has 0 spiro atoms. The Morgan fingerprint density at radius 3 is 2.94 bits per heavy atom. The van der Waals surface area contributed by atoms with Crippen LogP contribution < -0.4 is 5.73 Å². The number of hydrogen-bond acceptors (Lipinski definition) is 4. The SMILES string of the molecule is CCOC(=O)Cn1cc(-c2ccccc2N)cn1. The lowest BCUT2D eigenvalue weighted by molar-refractivity contribution is -0.144. The first-order valence-electron chi connectivity index (χ1n) is 5.73. The number of para-hydroxylation sites is 1. The molecule has 0 saturated carbocycles. The summed E-state index contributed by atoms with van der Waals surface area (Å²) in [4.78, 5) is 11.3. The number of anilines is 1. The van der Waals surface area contributed by atoms with Crippen LogP contribution in [0, 0.1) is 0 Å². The topological polar surface area (TPSA) is 70.1 Å². The number of nitrogens with zero attached hydrogens (tertiary/aromatic N) is 2. The summed E-state index contributed by atoms with van der Waals surface area (Å²) in [5.74, 6) is -0.298. The Balaban J connectivity index is 2.16. The Morgan fingerprint density at radius 2 is 2.22 bits per heavy atom. The number of rotatable bonds is 4. The number of hydrogen-bond donors (Lipinski definition) is 1. The highest BCUT2D eigenvalue weighted by Crippen LogP contribution is 2.24. The Hall–Kier alpha value is -2.30. The summed E-state index contributed by atoms with van der Waals surface area (Å²) >= 11 is 0. The first-order valence-corrected chi connectivity index (χ1v) is 5.73. The number of carbonyl (C=O) groups is 1. The van der Waals surface area contributed by atoms with E-state index in [1.54, 1.807) is 24.0 Å². The van der Waals surface area contributed by atoms with Gasteiger partial charge in [0.05, 0.1) is 12.8 Å². The van der Waals surface area contributed by atoms with E-state index < -0.39 is 0 Å². The number of carbonyl (C=O) groups excluding carboxylic acids is 1. The number of benzene rings is 1. The second-order valence-electron chi connectivity index (χ2n) is 3.82. The first kappa shape index (κ1) is 12.2. The highest BCUT2D eigenvalue weighted by atomic mass is 16.5. The van der Waals surface area contributed by atoms with E-state index in [0.29, 0.717) is 12.3 Å². The molecule has 18 heavy (non-hydrogen) atoms. The van der Waals surface area contributed by atoms with Gasteiger partial charge in [0.2, 0.25) is 0 Å². The molecule has 0 aliphatic heterocycles. The molecule has 0 radical (unpaired) electrons. The van der Waals surface area contributed by atoms with E-state index in [2.05, 4.69) is 5.10 Å². The molecule has 2 N–H and O–H groups in total. The summed E-state index contributed by atoms with van der Waals surface area (Å²) in [5.41, 5.74) is 8.37. The summed E-state index contributed by atoms with van der Waals surface area (Å²) in [6.07, 6.45) is 3.47. The summed E-state index contributed by atoms with van der Waals surface area (Å²) in [6.45, 7) is 2.26. The van der Waals surface area contributed by atoms with Crippen LogP contribution in [0.3, 0.4) is 0 Å². The minimum Gasteiger partial charge on any atom is -0.465 e. The van der Waals surface area contributed by atoms with Crippen molar-refractivity contribution < 1.29 is 9.53 Å². The second-order valence-corrected chi connectivity index (χ2v) is 3.82. The molecule has 0 unspecified atom stereocenters. The first-order chi connectivity index (χ1) is 8.70. The molecule has 1 aromatic carbocycles. The normalized spacial score (nSPS) is 10.3. The van der Waals surface area contributed by atoms with Crippen molar-refractivity contribution in [3.8, 4) is 11.1 Å². The maximum atomic E-state index is 11.3. The molecular formula is C13H15N3O2. The van der Waals surface area contributed by atoms with Crippen molar-refractivity contribution in [2.24, 2.45) is 0 Å². The predicted molar refractivity (Wildman–Crippen MR) is 68.7 cm³/mol. The van der Waals surface area contributed by atoms with E-state index in [9.17, 15) is 4.79 Å². The van der Waals surface area contributed by atoms with Gasteiger partial charge in [-0.05, 0) is 13.0 Å². The Kier molecular flexibility index (Phi) is 3.62. The molecule has 1 heterocycles. The van der Waals surface area contributed by atoms with Crippen LogP contribution in [-0.4, -0.2) is 22.4 Å². The van der Waals surface area contributed by atoms with Gasteiger partial charge in [-0.25, -0.2) is 0 Å². The highest BCUT2D eigenvalue weighted by molar-refractivity contribution is 5.75. The summed E-state index contributed by atoms with van der Waals surface area (Å²) in [6, 6.07) is 7.54. The van der Waals surface area contributed by atoms with E-state index in [0.717, 1.165) is 11.1 Å². The summed E-state index contributed by atoms with van der Waals surface area (Å²) < 4.78 is 6.40. The van der Waals surface area contributed by atoms with Crippen molar-refractivity contribution in [2.45, 2.75) is 13.5 Å². The molecule has 2 rings (SSSR count). The van der Waals surface area contributed by atoms with Crippen LogP contribution in [0.15, 0.2) is 36.7 Å². The van der Waals surface area contributed by atoms with Gasteiger partial charge in [-0.3, -0.25) is 9.48 Å². The minimum absolute atomic E-state index is 0.112. The number of aromatic nitrogens is 2. The maximum Gasteiger partial charge on any atom is 0.327 e. The molecule has 5 nitrogen and oxygen atoms in total. The van der Waals surface area contributed by atoms with E-state index in [-0.39, 0.29) is 12.5 Å².